The number of nitrogens with zero attached hydrogens (tertiary/aromatic N) is 2. The van der Waals surface area contributed by atoms with E-state index in [1.807, 2.05) is 0 Å². The highest BCUT2D eigenvalue weighted by Gasteiger charge is 2.15. The molecular weight excluding hydrogens is 322 g/mol. The van der Waals surface area contributed by atoms with Crippen LogP contribution in [0.4, 0.5) is 11.6 Å². The fourth-order valence-electron chi connectivity index (χ4n) is 1.77. The van der Waals surface area contributed by atoms with E-state index >= 15 is 0 Å². The first-order chi connectivity index (χ1) is 10.9. The van der Waals surface area contributed by atoms with E-state index in [0.29, 0.717) is 10.7 Å². The highest BCUT2D eigenvalue weighted by Crippen LogP contribution is 2.21. The molecule has 1 amide bonds. The van der Waals surface area contributed by atoms with Crippen LogP contribution in [0.25, 0.3) is 6.08 Å². The average Bonchev–Trinajstić information content (AvgIpc) is 2.96. The van der Waals surface area contributed by atoms with Gasteiger partial charge in [0.05, 0.1) is 6.07 Å². The Kier molecular flexibility index (Phi) is 4.79. The zero-order valence-corrected chi connectivity index (χ0v) is 12.6. The van der Waals surface area contributed by atoms with Crippen molar-refractivity contribution in [2.45, 2.75) is 6.92 Å². The van der Waals surface area contributed by atoms with Crippen LogP contribution in [0, 0.1) is 28.4 Å². The number of carbonyl (C=O) groups excluding carboxylic acids is 1. The van der Waals surface area contributed by atoms with Gasteiger partial charge in [-0.2, -0.15) is 5.26 Å². The molecule has 1 N–H and O–H groups in total. The van der Waals surface area contributed by atoms with Gasteiger partial charge in [0.15, 0.2) is 0 Å². The smallest absolute Gasteiger partial charge is 0.401 e. The molecule has 0 spiro atoms. The van der Waals surface area contributed by atoms with Crippen molar-refractivity contribution in [3.05, 3.63) is 62.4 Å². The Balaban J connectivity index is 2.22. The van der Waals surface area contributed by atoms with Gasteiger partial charge in [0.1, 0.15) is 22.3 Å². The average molecular weight is 332 g/mol. The Hall–Kier alpha value is -3.11. The summed E-state index contributed by atoms with van der Waals surface area (Å²) in [5.74, 6) is -1.09. The largest absolute Gasteiger partial charge is 0.433 e. The van der Waals surface area contributed by atoms with Crippen molar-refractivity contribution in [1.82, 2.24) is 0 Å². The first-order valence-corrected chi connectivity index (χ1v) is 6.72. The molecule has 1 aromatic heterocycles. The number of nitrogens with one attached hydrogen (secondary N) is 1. The van der Waals surface area contributed by atoms with Gasteiger partial charge in [-0.05, 0) is 36.8 Å². The molecule has 0 fully saturated rings. The van der Waals surface area contributed by atoms with E-state index in [9.17, 15) is 14.9 Å². The van der Waals surface area contributed by atoms with Gasteiger partial charge >= 0.3 is 5.88 Å². The van der Waals surface area contributed by atoms with Crippen molar-refractivity contribution in [3.63, 3.8) is 0 Å². The van der Waals surface area contributed by atoms with Gasteiger partial charge in [0.2, 0.25) is 0 Å². The van der Waals surface area contributed by atoms with Gasteiger partial charge in [-0.3, -0.25) is 14.9 Å². The molecule has 0 aliphatic rings. The number of hydrogen-bond acceptors (Lipinski definition) is 5. The van der Waals surface area contributed by atoms with Crippen LogP contribution in [0.1, 0.15) is 11.3 Å². The Morgan fingerprint density at radius 3 is 2.74 bits per heavy atom. The predicted octanol–water partition coefficient (Wildman–Crippen LogP) is 3.70. The van der Waals surface area contributed by atoms with Crippen LogP contribution in [-0.2, 0) is 4.79 Å². The number of halogens is 1. The number of rotatable bonds is 4. The van der Waals surface area contributed by atoms with Crippen LogP contribution < -0.4 is 5.32 Å². The molecule has 0 unspecified atom stereocenters. The molecule has 0 aliphatic carbocycles. The highest BCUT2D eigenvalue weighted by molar-refractivity contribution is 6.30. The quantitative estimate of drug-likeness (QED) is 0.397. The Bertz CT molecular complexity index is 849. The van der Waals surface area contributed by atoms with Gasteiger partial charge in [0, 0.05) is 16.8 Å². The summed E-state index contributed by atoms with van der Waals surface area (Å²) in [5.41, 5.74) is 0.992. The summed E-state index contributed by atoms with van der Waals surface area (Å²) in [6.45, 7) is 1.76. The fraction of sp³-hybridized carbons (Fsp3) is 0.0667. The molecule has 0 saturated carbocycles. The van der Waals surface area contributed by atoms with Crippen LogP contribution in [0.2, 0.25) is 5.02 Å². The molecule has 2 aromatic rings. The van der Waals surface area contributed by atoms with Crippen molar-refractivity contribution in [2.75, 3.05) is 5.32 Å². The third-order valence-electron chi connectivity index (χ3n) is 2.88. The number of hydrogen-bond donors (Lipinski definition) is 1. The summed E-state index contributed by atoms with van der Waals surface area (Å²) in [6, 6.07) is 9.07. The van der Waals surface area contributed by atoms with Crippen molar-refractivity contribution in [3.8, 4) is 6.07 Å². The molecule has 23 heavy (non-hydrogen) atoms. The third kappa shape index (κ3) is 3.96. The standard InChI is InChI=1S/C15H10ClN3O4/c1-9-6-11(16)2-4-13(9)18-15(20)10(8-17)7-12-3-5-14(23-12)19(21)22/h2-7H,1H3,(H,18,20)/b10-7+. The lowest BCUT2D eigenvalue weighted by Gasteiger charge is -2.07. The molecule has 8 heteroatoms. The maximum Gasteiger partial charge on any atom is 0.433 e. The SMILES string of the molecule is Cc1cc(Cl)ccc1NC(=O)/C(C#N)=C/c1ccc([N+](=O)[O-])o1. The Morgan fingerprint density at radius 1 is 1.43 bits per heavy atom. The van der Waals surface area contributed by atoms with Crippen LogP contribution in [0.5, 0.6) is 0 Å². The minimum Gasteiger partial charge on any atom is -0.401 e. The second kappa shape index (κ2) is 6.77. The van der Waals surface area contributed by atoms with E-state index < -0.39 is 16.7 Å². The van der Waals surface area contributed by atoms with E-state index in [1.165, 1.54) is 6.07 Å². The minimum absolute atomic E-state index is 0.0382. The Morgan fingerprint density at radius 2 is 2.17 bits per heavy atom. The molecule has 1 aromatic carbocycles. The second-order valence-corrected chi connectivity index (χ2v) is 4.95. The van der Waals surface area contributed by atoms with Gasteiger partial charge < -0.3 is 9.73 Å². The highest BCUT2D eigenvalue weighted by atomic mass is 35.5. The van der Waals surface area contributed by atoms with Gasteiger partial charge in [0.25, 0.3) is 5.91 Å². The number of aryl methyl sites for hydroxylation is 1. The lowest BCUT2D eigenvalue weighted by Crippen LogP contribution is -2.14. The topological polar surface area (TPSA) is 109 Å². The van der Waals surface area contributed by atoms with Crippen LogP contribution in [0.15, 0.2) is 40.3 Å². The van der Waals surface area contributed by atoms with Crippen LogP contribution in [-0.4, -0.2) is 10.8 Å². The number of anilines is 1. The molecule has 0 bridgehead atoms. The van der Waals surface area contributed by atoms with Crippen LogP contribution >= 0.6 is 11.6 Å². The van der Waals surface area contributed by atoms with E-state index in [1.54, 1.807) is 31.2 Å². The second-order valence-electron chi connectivity index (χ2n) is 4.52. The zero-order chi connectivity index (χ0) is 17.0. The van der Waals surface area contributed by atoms with Crippen molar-refractivity contribution < 1.29 is 14.1 Å². The van der Waals surface area contributed by atoms with Crippen LogP contribution in [0.3, 0.4) is 0 Å². The fourth-order valence-corrected chi connectivity index (χ4v) is 1.99. The lowest BCUT2D eigenvalue weighted by atomic mass is 10.1. The van der Waals surface area contributed by atoms with E-state index in [2.05, 4.69) is 5.32 Å². The van der Waals surface area contributed by atoms with Gasteiger partial charge in [-0.15, -0.1) is 0 Å². The molecule has 0 radical (unpaired) electrons. The molecule has 0 aliphatic heterocycles. The molecule has 1 heterocycles. The molecular formula is C15H10ClN3O4. The predicted molar refractivity (Wildman–Crippen MR) is 83.8 cm³/mol. The number of amides is 1. The van der Waals surface area contributed by atoms with Crippen molar-refractivity contribution in [1.29, 1.82) is 5.26 Å². The molecule has 0 atom stereocenters. The number of benzene rings is 1. The van der Waals surface area contributed by atoms with Crippen molar-refractivity contribution >= 4 is 35.2 Å². The van der Waals surface area contributed by atoms with E-state index in [4.69, 9.17) is 21.3 Å². The molecule has 116 valence electrons. The summed E-state index contributed by atoms with van der Waals surface area (Å²) in [4.78, 5) is 22.0. The minimum atomic E-state index is -0.708. The molecule has 7 nitrogen and oxygen atoms in total. The third-order valence-corrected chi connectivity index (χ3v) is 3.12. The number of nitriles is 1. The maximum absolute atomic E-state index is 12.1. The number of furan rings is 1. The van der Waals surface area contributed by atoms with Gasteiger partial charge in [-0.25, -0.2) is 0 Å². The molecule has 2 rings (SSSR count). The summed E-state index contributed by atoms with van der Waals surface area (Å²) in [5, 5.41) is 22.7. The van der Waals surface area contributed by atoms with E-state index in [-0.39, 0.29) is 11.3 Å². The summed E-state index contributed by atoms with van der Waals surface area (Å²) < 4.78 is 4.89. The van der Waals surface area contributed by atoms with Gasteiger partial charge in [-0.1, -0.05) is 11.6 Å². The lowest BCUT2D eigenvalue weighted by molar-refractivity contribution is -0.402. The number of nitro groups is 1. The normalized spacial score (nSPS) is 10.9. The van der Waals surface area contributed by atoms with Crippen molar-refractivity contribution in [2.24, 2.45) is 0 Å². The zero-order valence-electron chi connectivity index (χ0n) is 11.9. The summed E-state index contributed by atoms with van der Waals surface area (Å²) in [6.07, 6.45) is 1.13. The monoisotopic (exact) mass is 331 g/mol. The molecule has 0 saturated heterocycles. The van der Waals surface area contributed by atoms with E-state index in [0.717, 1.165) is 17.7 Å². The number of carbonyl (C=O) groups is 1. The summed E-state index contributed by atoms with van der Waals surface area (Å²) in [7, 11) is 0. The maximum atomic E-state index is 12.1. The summed E-state index contributed by atoms with van der Waals surface area (Å²) >= 11 is 5.83. The Labute approximate surface area is 135 Å². The first kappa shape index (κ1) is 16.3. The first-order valence-electron chi connectivity index (χ1n) is 6.34.